The zero-order valence-electron chi connectivity index (χ0n) is 12.9. The molecule has 2 rings (SSSR count). The van der Waals surface area contributed by atoms with Crippen molar-refractivity contribution in [1.29, 1.82) is 0 Å². The number of phenolic OH excluding ortho intramolecular Hbond substituents is 2. The molecule has 0 saturated carbocycles. The van der Waals surface area contributed by atoms with Gasteiger partial charge in [0.1, 0.15) is 0 Å². The summed E-state index contributed by atoms with van der Waals surface area (Å²) in [6, 6.07) is 1.20. The summed E-state index contributed by atoms with van der Waals surface area (Å²) in [4.78, 5) is 0. The molecular weight excluding hydrogens is 425 g/mol. The van der Waals surface area contributed by atoms with E-state index in [4.69, 9.17) is 34.7 Å². The Morgan fingerprint density at radius 3 is 1.19 bits per heavy atom. The standard InChI is InChI=1S/C15H10Cl2F6N2O2/c16-7-1-5(3-9(24)11(7)26)13(14(18,19)20,15(21,22)23)6-2-8(17)12(27)10(25)4-6/h1-4,26-27H,24-25H2. The van der Waals surface area contributed by atoms with Crippen molar-refractivity contribution in [3.63, 3.8) is 0 Å². The molecule has 0 saturated heterocycles. The lowest BCUT2D eigenvalue weighted by molar-refractivity contribution is -0.288. The minimum atomic E-state index is -5.95. The van der Waals surface area contributed by atoms with Crippen molar-refractivity contribution in [2.45, 2.75) is 17.8 Å². The van der Waals surface area contributed by atoms with Crippen molar-refractivity contribution >= 4 is 34.6 Å². The van der Waals surface area contributed by atoms with E-state index in [1.807, 2.05) is 0 Å². The third-order valence-electron chi connectivity index (χ3n) is 3.90. The maximum atomic E-state index is 14.0. The van der Waals surface area contributed by atoms with Crippen LogP contribution in [0, 0.1) is 0 Å². The fourth-order valence-electron chi connectivity index (χ4n) is 2.66. The van der Waals surface area contributed by atoms with Gasteiger partial charge in [0.15, 0.2) is 11.5 Å². The van der Waals surface area contributed by atoms with Crippen LogP contribution in [-0.4, -0.2) is 22.6 Å². The highest BCUT2D eigenvalue weighted by Gasteiger charge is 2.72. The lowest BCUT2D eigenvalue weighted by Gasteiger charge is -2.38. The van der Waals surface area contributed by atoms with Crippen LogP contribution < -0.4 is 11.5 Å². The predicted molar refractivity (Wildman–Crippen MR) is 87.9 cm³/mol. The molecule has 6 N–H and O–H groups in total. The average Bonchev–Trinajstić information content (AvgIpc) is 2.47. The van der Waals surface area contributed by atoms with Crippen molar-refractivity contribution < 1.29 is 36.6 Å². The summed E-state index contributed by atoms with van der Waals surface area (Å²) in [5.74, 6) is -1.75. The zero-order valence-corrected chi connectivity index (χ0v) is 14.4. The van der Waals surface area contributed by atoms with Crippen LogP contribution in [-0.2, 0) is 5.41 Å². The van der Waals surface area contributed by atoms with E-state index in [0.717, 1.165) is 0 Å². The minimum absolute atomic E-state index is 0.297. The van der Waals surface area contributed by atoms with E-state index in [-0.39, 0.29) is 0 Å². The molecule has 0 spiro atoms. The molecule has 0 aliphatic heterocycles. The number of hydrogen-bond donors (Lipinski definition) is 4. The predicted octanol–water partition coefficient (Wildman–Crippen LogP) is 4.98. The first-order valence-corrected chi connectivity index (χ1v) is 7.60. The number of anilines is 2. The molecule has 0 radical (unpaired) electrons. The zero-order chi connectivity index (χ0) is 20.9. The monoisotopic (exact) mass is 434 g/mol. The highest BCUT2D eigenvalue weighted by molar-refractivity contribution is 6.33. The molecule has 12 heteroatoms. The lowest BCUT2D eigenvalue weighted by atomic mass is 9.72. The third kappa shape index (κ3) is 3.16. The van der Waals surface area contributed by atoms with E-state index in [0.29, 0.717) is 24.3 Å². The number of benzene rings is 2. The average molecular weight is 435 g/mol. The number of rotatable bonds is 2. The van der Waals surface area contributed by atoms with Crippen LogP contribution >= 0.6 is 23.2 Å². The van der Waals surface area contributed by atoms with E-state index in [1.54, 1.807) is 0 Å². The van der Waals surface area contributed by atoms with Gasteiger partial charge in [0.05, 0.1) is 21.4 Å². The van der Waals surface area contributed by atoms with E-state index >= 15 is 0 Å². The Labute approximate surface area is 157 Å². The Bertz CT molecular complexity index is 779. The van der Waals surface area contributed by atoms with Crippen LogP contribution in [0.1, 0.15) is 11.1 Å². The van der Waals surface area contributed by atoms with Gasteiger partial charge in [0.2, 0.25) is 5.41 Å². The maximum absolute atomic E-state index is 14.0. The summed E-state index contributed by atoms with van der Waals surface area (Å²) in [5.41, 5.74) is 1.55. The van der Waals surface area contributed by atoms with Gasteiger partial charge in [-0.1, -0.05) is 23.2 Å². The van der Waals surface area contributed by atoms with Crippen LogP contribution in [0.15, 0.2) is 24.3 Å². The van der Waals surface area contributed by atoms with Crippen LogP contribution in [0.25, 0.3) is 0 Å². The van der Waals surface area contributed by atoms with Crippen LogP contribution in [0.4, 0.5) is 37.7 Å². The number of alkyl halides is 6. The van der Waals surface area contributed by atoms with Crippen LogP contribution in [0.3, 0.4) is 0 Å². The van der Waals surface area contributed by atoms with Crippen molar-refractivity contribution in [3.05, 3.63) is 45.4 Å². The molecule has 0 bridgehead atoms. The summed E-state index contributed by atoms with van der Waals surface area (Å²) in [5, 5.41) is 17.4. The number of nitrogens with two attached hydrogens (primary N) is 2. The molecule has 2 aromatic rings. The summed E-state index contributed by atoms with van der Waals surface area (Å²) >= 11 is 11.1. The van der Waals surface area contributed by atoms with Crippen molar-refractivity contribution in [1.82, 2.24) is 0 Å². The molecule has 0 aliphatic rings. The van der Waals surface area contributed by atoms with Crippen LogP contribution in [0.2, 0.25) is 10.0 Å². The van der Waals surface area contributed by atoms with Crippen molar-refractivity contribution in [2.24, 2.45) is 0 Å². The molecular formula is C15H10Cl2F6N2O2. The molecule has 148 valence electrons. The second-order valence-corrected chi connectivity index (χ2v) is 6.35. The quantitative estimate of drug-likeness (QED) is 0.304. The largest absolute Gasteiger partial charge is 0.504 e. The van der Waals surface area contributed by atoms with E-state index < -0.39 is 61.8 Å². The van der Waals surface area contributed by atoms with Gasteiger partial charge in [-0.15, -0.1) is 0 Å². The first-order chi connectivity index (χ1) is 12.1. The second-order valence-electron chi connectivity index (χ2n) is 5.54. The summed E-state index contributed by atoms with van der Waals surface area (Å²) in [7, 11) is 0. The van der Waals surface area contributed by atoms with Gasteiger partial charge < -0.3 is 21.7 Å². The highest BCUT2D eigenvalue weighted by Crippen LogP contribution is 2.58. The van der Waals surface area contributed by atoms with E-state index in [9.17, 15) is 36.6 Å². The van der Waals surface area contributed by atoms with E-state index in [1.165, 1.54) is 0 Å². The van der Waals surface area contributed by atoms with Crippen LogP contribution in [0.5, 0.6) is 11.5 Å². The van der Waals surface area contributed by atoms with Gasteiger partial charge >= 0.3 is 12.4 Å². The fourth-order valence-corrected chi connectivity index (χ4v) is 3.11. The third-order valence-corrected chi connectivity index (χ3v) is 4.48. The number of aromatic hydroxyl groups is 2. The summed E-state index contributed by atoms with van der Waals surface area (Å²) in [6.45, 7) is 0. The van der Waals surface area contributed by atoms with Gasteiger partial charge in [-0.05, 0) is 35.4 Å². The molecule has 0 aromatic heterocycles. The molecule has 0 heterocycles. The first kappa shape index (κ1) is 21.1. The van der Waals surface area contributed by atoms with Crippen molar-refractivity contribution in [2.75, 3.05) is 11.5 Å². The van der Waals surface area contributed by atoms with Gasteiger partial charge in [0.25, 0.3) is 0 Å². The summed E-state index contributed by atoms with van der Waals surface area (Å²) in [6.07, 6.45) is -11.9. The molecule has 0 aliphatic carbocycles. The normalized spacial score (nSPS) is 13.0. The molecule has 27 heavy (non-hydrogen) atoms. The molecule has 4 nitrogen and oxygen atoms in total. The van der Waals surface area contributed by atoms with E-state index in [2.05, 4.69) is 0 Å². The number of nitrogen functional groups attached to an aromatic ring is 2. The molecule has 0 atom stereocenters. The fraction of sp³-hybridized carbons (Fsp3) is 0.200. The van der Waals surface area contributed by atoms with Gasteiger partial charge in [-0.25, -0.2) is 0 Å². The Hall–Kier alpha value is -2.20. The molecule has 2 aromatic carbocycles. The molecule has 0 amide bonds. The van der Waals surface area contributed by atoms with Gasteiger partial charge in [-0.2, -0.15) is 26.3 Å². The van der Waals surface area contributed by atoms with Gasteiger partial charge in [-0.3, -0.25) is 0 Å². The number of phenols is 2. The summed E-state index contributed by atoms with van der Waals surface area (Å²) < 4.78 is 83.7. The number of halogens is 8. The molecule has 0 unspecified atom stereocenters. The maximum Gasteiger partial charge on any atom is 0.411 e. The SMILES string of the molecule is Nc1cc(C(c2cc(N)c(O)c(Cl)c2)(C(F)(F)F)C(F)(F)F)cc(Cl)c1O. The van der Waals surface area contributed by atoms with Gasteiger partial charge in [0, 0.05) is 0 Å². The highest BCUT2D eigenvalue weighted by atomic mass is 35.5. The Morgan fingerprint density at radius 1 is 0.667 bits per heavy atom. The topological polar surface area (TPSA) is 92.5 Å². The first-order valence-electron chi connectivity index (χ1n) is 6.85. The smallest absolute Gasteiger partial charge is 0.411 e. The number of hydrogen-bond acceptors (Lipinski definition) is 4. The lowest BCUT2D eigenvalue weighted by Crippen LogP contribution is -2.54. The molecule has 0 fully saturated rings. The Balaban J connectivity index is 3.06. The Morgan fingerprint density at radius 2 is 0.963 bits per heavy atom. The Kier molecular flexibility index (Phi) is 5.04. The second kappa shape index (κ2) is 6.45. The van der Waals surface area contributed by atoms with Crippen molar-refractivity contribution in [3.8, 4) is 11.5 Å². The minimum Gasteiger partial charge on any atom is -0.504 e.